The molecule has 0 radical (unpaired) electrons. The van der Waals surface area contributed by atoms with Gasteiger partial charge in [-0.2, -0.15) is 0 Å². The first-order chi connectivity index (χ1) is 17.9. The van der Waals surface area contributed by atoms with E-state index in [1.165, 1.54) is 53.9 Å². The lowest BCUT2D eigenvalue weighted by Crippen LogP contribution is -2.28. The molecule has 1 unspecified atom stereocenters. The van der Waals surface area contributed by atoms with Crippen LogP contribution >= 0.6 is 34.3 Å². The van der Waals surface area contributed by atoms with E-state index in [9.17, 15) is 14.7 Å². The Bertz CT molecular complexity index is 1550. The predicted octanol–water partition coefficient (Wildman–Crippen LogP) is 6.05. The number of aliphatic hydroxyl groups excluding tert-OH is 1. The van der Waals surface area contributed by atoms with Gasteiger partial charge in [-0.1, -0.05) is 29.0 Å². The van der Waals surface area contributed by atoms with Crippen molar-refractivity contribution in [3.05, 3.63) is 68.9 Å². The number of ether oxygens (including phenoxy) is 3. The highest BCUT2D eigenvalue weighted by atomic mass is 35.5. The van der Waals surface area contributed by atoms with Gasteiger partial charge in [0.1, 0.15) is 29.0 Å². The monoisotopic (exact) mass is 556 g/mol. The van der Waals surface area contributed by atoms with Crippen molar-refractivity contribution in [2.45, 2.75) is 13.0 Å². The lowest BCUT2D eigenvalue weighted by atomic mass is 9.99. The van der Waals surface area contributed by atoms with Crippen LogP contribution < -0.4 is 19.1 Å². The molecule has 0 spiro atoms. The Kier molecular flexibility index (Phi) is 6.80. The Labute approximate surface area is 225 Å². The van der Waals surface area contributed by atoms with Gasteiger partial charge in [0.25, 0.3) is 5.78 Å². The van der Waals surface area contributed by atoms with E-state index in [2.05, 4.69) is 4.98 Å². The summed E-state index contributed by atoms with van der Waals surface area (Å²) in [5.41, 5.74) is 0.762. The summed E-state index contributed by atoms with van der Waals surface area (Å²) in [4.78, 5) is 33.5. The molecular weight excluding hydrogens is 536 g/mol. The summed E-state index contributed by atoms with van der Waals surface area (Å²) in [6, 6.07) is 11.2. The minimum Gasteiger partial charge on any atom is -0.507 e. The average Bonchev–Trinajstić information content (AvgIpc) is 3.62. The number of nitrogens with zero attached hydrogens (tertiary/aromatic N) is 2. The number of fused-ring (bicyclic) bond motifs is 1. The third kappa shape index (κ3) is 4.30. The highest BCUT2D eigenvalue weighted by molar-refractivity contribution is 7.22. The quantitative estimate of drug-likeness (QED) is 0.168. The Balaban J connectivity index is 1.70. The van der Waals surface area contributed by atoms with E-state index >= 15 is 0 Å². The molecular formula is C26H21ClN2O6S2. The van der Waals surface area contributed by atoms with E-state index in [1.807, 2.05) is 36.6 Å². The van der Waals surface area contributed by atoms with Crippen molar-refractivity contribution >= 4 is 67.1 Å². The summed E-state index contributed by atoms with van der Waals surface area (Å²) >= 11 is 8.86. The number of carbonyl (C=O) groups excluding carboxylic acids is 2. The van der Waals surface area contributed by atoms with E-state index in [4.69, 9.17) is 25.8 Å². The molecule has 190 valence electrons. The van der Waals surface area contributed by atoms with Gasteiger partial charge in [-0.05, 0) is 42.6 Å². The summed E-state index contributed by atoms with van der Waals surface area (Å²) < 4.78 is 17.1. The zero-order valence-electron chi connectivity index (χ0n) is 20.0. The minimum atomic E-state index is -0.890. The van der Waals surface area contributed by atoms with Gasteiger partial charge >= 0.3 is 5.91 Å². The first kappa shape index (κ1) is 25.1. The summed E-state index contributed by atoms with van der Waals surface area (Å²) in [7, 11) is 2.86. The molecule has 2 aromatic carbocycles. The standard InChI is InChI=1S/C26H21ClN2O6S2/c1-4-35-13-7-8-16-20(10-13)37-26(28-16)29-22(19-6-5-9-36-19)21(24(31)25(29)32)23(30)14-11-18(34-3)15(27)12-17(14)33-2/h5-12,22,30H,4H2,1-3H3/b23-21+. The van der Waals surface area contributed by atoms with Crippen molar-refractivity contribution in [3.8, 4) is 17.2 Å². The van der Waals surface area contributed by atoms with Crippen LogP contribution in [0, 0.1) is 0 Å². The van der Waals surface area contributed by atoms with Gasteiger partial charge in [-0.25, -0.2) is 4.98 Å². The highest BCUT2D eigenvalue weighted by Gasteiger charge is 2.49. The number of halogens is 1. The molecule has 0 saturated carbocycles. The molecule has 1 atom stereocenters. The number of thiophene rings is 1. The van der Waals surface area contributed by atoms with Crippen molar-refractivity contribution in [2.24, 2.45) is 0 Å². The number of ketones is 1. The van der Waals surface area contributed by atoms with Crippen molar-refractivity contribution in [3.63, 3.8) is 0 Å². The highest BCUT2D eigenvalue weighted by Crippen LogP contribution is 2.47. The van der Waals surface area contributed by atoms with Crippen molar-refractivity contribution < 1.29 is 28.9 Å². The molecule has 1 N–H and O–H groups in total. The molecule has 2 aromatic heterocycles. The summed E-state index contributed by atoms with van der Waals surface area (Å²) in [6.45, 7) is 2.41. The van der Waals surface area contributed by atoms with Gasteiger partial charge in [0.15, 0.2) is 5.13 Å². The molecule has 11 heteroatoms. The number of aliphatic hydroxyl groups is 1. The molecule has 4 aromatic rings. The van der Waals surface area contributed by atoms with Gasteiger partial charge in [0, 0.05) is 10.9 Å². The van der Waals surface area contributed by atoms with Crippen LogP contribution in [0.5, 0.6) is 17.2 Å². The smallest absolute Gasteiger partial charge is 0.301 e. The number of carbonyl (C=O) groups is 2. The maximum absolute atomic E-state index is 13.4. The van der Waals surface area contributed by atoms with Crippen molar-refractivity contribution in [1.82, 2.24) is 4.98 Å². The number of thiazole rings is 1. The number of benzene rings is 2. The van der Waals surface area contributed by atoms with Crippen molar-refractivity contribution in [2.75, 3.05) is 25.7 Å². The average molecular weight is 557 g/mol. The van der Waals surface area contributed by atoms with Gasteiger partial charge in [-0.3, -0.25) is 14.5 Å². The van der Waals surface area contributed by atoms with E-state index in [-0.39, 0.29) is 27.7 Å². The van der Waals surface area contributed by atoms with Crippen LogP contribution in [0.15, 0.2) is 53.4 Å². The van der Waals surface area contributed by atoms with Crippen LogP contribution in [-0.2, 0) is 9.59 Å². The SMILES string of the molecule is CCOc1ccc2nc(N3C(=O)C(=O)/C(=C(/O)c4cc(OC)c(Cl)cc4OC)C3c3cccs3)sc2c1. The summed E-state index contributed by atoms with van der Waals surface area (Å²) in [6.07, 6.45) is 0. The molecule has 1 aliphatic rings. The molecule has 0 bridgehead atoms. The summed E-state index contributed by atoms with van der Waals surface area (Å²) in [5.74, 6) is -0.827. The molecule has 1 amide bonds. The first-order valence-corrected chi connectivity index (χ1v) is 13.2. The number of Topliss-reactive ketones (excluding diaryl/α,β-unsaturated/α-hetero) is 1. The summed E-state index contributed by atoms with van der Waals surface area (Å²) in [5, 5.41) is 13.9. The topological polar surface area (TPSA) is 98.2 Å². The van der Waals surface area contributed by atoms with Crippen LogP contribution in [0.3, 0.4) is 0 Å². The molecule has 0 aliphatic carbocycles. The molecule has 3 heterocycles. The van der Waals surface area contributed by atoms with Crippen LogP contribution in [0.25, 0.3) is 16.0 Å². The Hall–Kier alpha value is -3.60. The van der Waals surface area contributed by atoms with Crippen LogP contribution in [0.1, 0.15) is 23.4 Å². The molecule has 5 rings (SSSR count). The second-order valence-corrected chi connectivity index (χ2v) is 10.3. The van der Waals surface area contributed by atoms with Gasteiger partial charge in [-0.15, -0.1) is 11.3 Å². The molecule has 1 saturated heterocycles. The molecule has 1 fully saturated rings. The van der Waals surface area contributed by atoms with Gasteiger partial charge < -0.3 is 19.3 Å². The van der Waals surface area contributed by atoms with Crippen LogP contribution in [0.2, 0.25) is 5.02 Å². The molecule has 8 nitrogen and oxygen atoms in total. The predicted molar refractivity (Wildman–Crippen MR) is 144 cm³/mol. The molecule has 37 heavy (non-hydrogen) atoms. The number of methoxy groups -OCH3 is 2. The van der Waals surface area contributed by atoms with E-state index in [1.54, 1.807) is 6.07 Å². The second-order valence-electron chi connectivity index (χ2n) is 7.93. The van der Waals surface area contributed by atoms with Crippen LogP contribution in [0.4, 0.5) is 5.13 Å². The Morgan fingerprint density at radius 2 is 1.92 bits per heavy atom. The second kappa shape index (κ2) is 10.0. The van der Waals surface area contributed by atoms with Gasteiger partial charge in [0.05, 0.1) is 47.2 Å². The fraction of sp³-hybridized carbons (Fsp3) is 0.192. The minimum absolute atomic E-state index is 0.0793. The maximum Gasteiger partial charge on any atom is 0.301 e. The largest absolute Gasteiger partial charge is 0.507 e. The van der Waals surface area contributed by atoms with E-state index in [0.717, 1.165) is 4.70 Å². The zero-order valence-corrected chi connectivity index (χ0v) is 22.4. The fourth-order valence-corrected chi connectivity index (χ4v) is 6.26. The lowest BCUT2D eigenvalue weighted by Gasteiger charge is -2.21. The fourth-order valence-electron chi connectivity index (χ4n) is 4.19. The maximum atomic E-state index is 13.4. The number of amides is 1. The Morgan fingerprint density at radius 1 is 1.14 bits per heavy atom. The van der Waals surface area contributed by atoms with Crippen LogP contribution in [-0.4, -0.2) is 42.6 Å². The molecule has 1 aliphatic heterocycles. The van der Waals surface area contributed by atoms with Gasteiger partial charge in [0.2, 0.25) is 0 Å². The zero-order chi connectivity index (χ0) is 26.3. The number of anilines is 1. The first-order valence-electron chi connectivity index (χ1n) is 11.2. The normalized spacial score (nSPS) is 17.0. The third-order valence-corrected chi connectivity index (χ3v) is 8.09. The van der Waals surface area contributed by atoms with Crippen molar-refractivity contribution in [1.29, 1.82) is 0 Å². The van der Waals surface area contributed by atoms with E-state index < -0.39 is 23.5 Å². The van der Waals surface area contributed by atoms with E-state index in [0.29, 0.717) is 27.9 Å². The number of aromatic nitrogens is 1. The number of rotatable bonds is 7. The number of hydrogen-bond acceptors (Lipinski definition) is 9. The Morgan fingerprint density at radius 3 is 2.59 bits per heavy atom. The number of hydrogen-bond donors (Lipinski definition) is 1. The lowest BCUT2D eigenvalue weighted by molar-refractivity contribution is -0.132. The third-order valence-electron chi connectivity index (χ3n) is 5.85.